The molecule has 112 valence electrons. The molecule has 0 heterocycles. The van der Waals surface area contributed by atoms with Gasteiger partial charge in [-0.1, -0.05) is 57.9 Å². The Kier molecular flexibility index (Phi) is 5.67. The summed E-state index contributed by atoms with van der Waals surface area (Å²) in [5.41, 5.74) is 2.53. The van der Waals surface area contributed by atoms with Crippen molar-refractivity contribution in [3.63, 3.8) is 0 Å². The van der Waals surface area contributed by atoms with Gasteiger partial charge in [0.25, 0.3) is 0 Å². The maximum absolute atomic E-state index is 11.9. The number of carbonyl (C=O) groups is 2. The predicted molar refractivity (Wildman–Crippen MR) is 89.6 cm³/mol. The molecule has 4 heteroatoms. The molecule has 0 fully saturated rings. The molecule has 0 aliphatic heterocycles. The Morgan fingerprint density at radius 2 is 1.91 bits per heavy atom. The third-order valence-electron chi connectivity index (χ3n) is 2.95. The quantitative estimate of drug-likeness (QED) is 0.457. The molecule has 0 aliphatic carbocycles. The molecule has 2 rings (SSSR count). The molecule has 22 heavy (non-hydrogen) atoms. The number of ether oxygens (including phenoxy) is 1. The minimum atomic E-state index is -0.537. The van der Waals surface area contributed by atoms with Gasteiger partial charge >= 0.3 is 5.97 Å². The molecule has 0 saturated carbocycles. The second-order valence-corrected chi connectivity index (χ2v) is 5.70. The lowest BCUT2D eigenvalue weighted by Crippen LogP contribution is -2.12. The highest BCUT2D eigenvalue weighted by atomic mass is 79.9. The lowest BCUT2D eigenvalue weighted by Gasteiger charge is -2.02. The lowest BCUT2D eigenvalue weighted by molar-refractivity contribution is -0.136. The number of hydrogen-bond acceptors (Lipinski definition) is 3. The Balaban J connectivity index is 1.89. The van der Waals surface area contributed by atoms with Crippen molar-refractivity contribution in [2.24, 2.45) is 0 Å². The first-order valence-corrected chi connectivity index (χ1v) is 7.54. The van der Waals surface area contributed by atoms with Crippen LogP contribution in [0.3, 0.4) is 0 Å². The first-order chi connectivity index (χ1) is 10.5. The van der Waals surface area contributed by atoms with Crippen LogP contribution < -0.4 is 0 Å². The zero-order valence-electron chi connectivity index (χ0n) is 12.1. The van der Waals surface area contributed by atoms with E-state index in [2.05, 4.69) is 15.9 Å². The summed E-state index contributed by atoms with van der Waals surface area (Å²) >= 11 is 3.30. The van der Waals surface area contributed by atoms with E-state index in [0.29, 0.717) is 5.56 Å². The molecule has 0 aliphatic rings. The van der Waals surface area contributed by atoms with E-state index < -0.39 is 5.97 Å². The van der Waals surface area contributed by atoms with Crippen LogP contribution >= 0.6 is 15.9 Å². The Bertz CT molecular complexity index is 720. The number of ketones is 1. The van der Waals surface area contributed by atoms with E-state index in [1.807, 2.05) is 37.3 Å². The fourth-order valence-electron chi connectivity index (χ4n) is 1.87. The first-order valence-electron chi connectivity index (χ1n) is 6.75. The van der Waals surface area contributed by atoms with Gasteiger partial charge in [-0.05, 0) is 30.7 Å². The summed E-state index contributed by atoms with van der Waals surface area (Å²) in [4.78, 5) is 23.5. The van der Waals surface area contributed by atoms with Gasteiger partial charge in [-0.3, -0.25) is 4.79 Å². The SMILES string of the molecule is Cc1cccc(/C=C/C(=O)OCC(=O)c2cccc(Br)c2)c1. The van der Waals surface area contributed by atoms with Crippen molar-refractivity contribution in [2.75, 3.05) is 6.61 Å². The minimum Gasteiger partial charge on any atom is -0.454 e. The van der Waals surface area contributed by atoms with Crippen LogP contribution in [0.4, 0.5) is 0 Å². The van der Waals surface area contributed by atoms with Crippen molar-refractivity contribution < 1.29 is 14.3 Å². The minimum absolute atomic E-state index is 0.237. The van der Waals surface area contributed by atoms with Crippen molar-refractivity contribution in [3.05, 3.63) is 75.8 Å². The van der Waals surface area contributed by atoms with Gasteiger partial charge < -0.3 is 4.74 Å². The highest BCUT2D eigenvalue weighted by Crippen LogP contribution is 2.12. The van der Waals surface area contributed by atoms with E-state index in [9.17, 15) is 9.59 Å². The third kappa shape index (κ3) is 4.97. The van der Waals surface area contributed by atoms with Gasteiger partial charge in [0.2, 0.25) is 0 Å². The van der Waals surface area contributed by atoms with E-state index in [1.54, 1.807) is 24.3 Å². The summed E-state index contributed by atoms with van der Waals surface area (Å²) in [5.74, 6) is -0.775. The Hall–Kier alpha value is -2.20. The van der Waals surface area contributed by atoms with Crippen LogP contribution in [0.2, 0.25) is 0 Å². The molecule has 0 amide bonds. The van der Waals surface area contributed by atoms with Gasteiger partial charge in [0.15, 0.2) is 12.4 Å². The lowest BCUT2D eigenvalue weighted by atomic mass is 10.1. The zero-order valence-corrected chi connectivity index (χ0v) is 13.7. The number of hydrogen-bond donors (Lipinski definition) is 0. The number of rotatable bonds is 5. The summed E-state index contributed by atoms with van der Waals surface area (Å²) in [7, 11) is 0. The summed E-state index contributed by atoms with van der Waals surface area (Å²) < 4.78 is 5.77. The summed E-state index contributed by atoms with van der Waals surface area (Å²) in [6, 6.07) is 14.7. The highest BCUT2D eigenvalue weighted by Gasteiger charge is 2.08. The molecule has 0 bridgehead atoms. The standard InChI is InChI=1S/C18H15BrO3/c1-13-4-2-5-14(10-13)8-9-18(21)22-12-17(20)15-6-3-7-16(19)11-15/h2-11H,12H2,1H3/b9-8+. The molecule has 0 radical (unpaired) electrons. The average molecular weight is 359 g/mol. The molecule has 3 nitrogen and oxygen atoms in total. The van der Waals surface area contributed by atoms with E-state index in [4.69, 9.17) is 4.74 Å². The van der Waals surface area contributed by atoms with Crippen molar-refractivity contribution in [1.82, 2.24) is 0 Å². The van der Waals surface area contributed by atoms with Crippen molar-refractivity contribution in [1.29, 1.82) is 0 Å². The van der Waals surface area contributed by atoms with Gasteiger partial charge in [0.05, 0.1) is 0 Å². The van der Waals surface area contributed by atoms with Gasteiger partial charge in [-0.25, -0.2) is 4.79 Å². The van der Waals surface area contributed by atoms with Crippen LogP contribution in [0, 0.1) is 6.92 Å². The molecule has 0 saturated heterocycles. The number of esters is 1. The van der Waals surface area contributed by atoms with E-state index in [0.717, 1.165) is 15.6 Å². The second-order valence-electron chi connectivity index (χ2n) is 4.79. The molecule has 0 N–H and O–H groups in total. The summed E-state index contributed by atoms with van der Waals surface area (Å²) in [6.45, 7) is 1.71. The molecule has 2 aromatic rings. The van der Waals surface area contributed by atoms with E-state index in [1.165, 1.54) is 6.08 Å². The van der Waals surface area contributed by atoms with Crippen LogP contribution in [-0.4, -0.2) is 18.4 Å². The Labute approximate surface area is 137 Å². The smallest absolute Gasteiger partial charge is 0.331 e. The largest absolute Gasteiger partial charge is 0.454 e. The Morgan fingerprint density at radius 1 is 1.14 bits per heavy atom. The van der Waals surface area contributed by atoms with Crippen LogP contribution in [0.1, 0.15) is 21.5 Å². The maximum Gasteiger partial charge on any atom is 0.331 e. The van der Waals surface area contributed by atoms with Crippen LogP contribution in [0.25, 0.3) is 6.08 Å². The van der Waals surface area contributed by atoms with E-state index >= 15 is 0 Å². The fourth-order valence-corrected chi connectivity index (χ4v) is 2.27. The summed E-state index contributed by atoms with van der Waals surface area (Å²) in [5, 5.41) is 0. The number of carbonyl (C=O) groups excluding carboxylic acids is 2. The number of Topliss-reactive ketones (excluding diaryl/α,β-unsaturated/α-hetero) is 1. The Morgan fingerprint density at radius 3 is 2.64 bits per heavy atom. The number of halogens is 1. The van der Waals surface area contributed by atoms with Crippen LogP contribution in [-0.2, 0) is 9.53 Å². The molecule has 0 spiro atoms. The molecule has 0 aromatic heterocycles. The van der Waals surface area contributed by atoms with Gasteiger partial charge in [-0.2, -0.15) is 0 Å². The second kappa shape index (κ2) is 7.71. The third-order valence-corrected chi connectivity index (χ3v) is 3.44. The molecule has 0 unspecified atom stereocenters. The zero-order chi connectivity index (χ0) is 15.9. The van der Waals surface area contributed by atoms with Crippen LogP contribution in [0.15, 0.2) is 59.1 Å². The van der Waals surface area contributed by atoms with Gasteiger partial charge in [0, 0.05) is 16.1 Å². The highest BCUT2D eigenvalue weighted by molar-refractivity contribution is 9.10. The average Bonchev–Trinajstić information content (AvgIpc) is 2.50. The van der Waals surface area contributed by atoms with Gasteiger partial charge in [-0.15, -0.1) is 0 Å². The first kappa shape index (κ1) is 16.2. The molecular formula is C18H15BrO3. The topological polar surface area (TPSA) is 43.4 Å². The van der Waals surface area contributed by atoms with Crippen molar-refractivity contribution in [2.45, 2.75) is 6.92 Å². The molecular weight excluding hydrogens is 344 g/mol. The predicted octanol–water partition coefficient (Wildman–Crippen LogP) is 4.20. The number of aryl methyl sites for hydroxylation is 1. The summed E-state index contributed by atoms with van der Waals surface area (Å²) in [6.07, 6.45) is 2.99. The molecule has 0 atom stereocenters. The maximum atomic E-state index is 11.9. The molecule has 2 aromatic carbocycles. The van der Waals surface area contributed by atoms with Crippen LogP contribution in [0.5, 0.6) is 0 Å². The van der Waals surface area contributed by atoms with Crippen molar-refractivity contribution in [3.8, 4) is 0 Å². The fraction of sp³-hybridized carbons (Fsp3) is 0.111. The van der Waals surface area contributed by atoms with Crippen molar-refractivity contribution >= 4 is 33.8 Å². The normalized spacial score (nSPS) is 10.6. The van der Waals surface area contributed by atoms with Gasteiger partial charge in [0.1, 0.15) is 0 Å². The monoisotopic (exact) mass is 358 g/mol. The number of benzene rings is 2. The van der Waals surface area contributed by atoms with E-state index in [-0.39, 0.29) is 12.4 Å².